The number of piperidine rings is 1. The van der Waals surface area contributed by atoms with E-state index in [0.29, 0.717) is 18.8 Å². The van der Waals surface area contributed by atoms with Crippen LogP contribution in [-0.4, -0.2) is 42.8 Å². The second kappa shape index (κ2) is 5.66. The molecule has 2 heterocycles. The molecule has 3 aliphatic rings. The standard InChI is InChI=1S/C19H25NO4/c1-23-16-9-12-8-14(11-21)20-18(22)6-5-13-4-3-7-19(13,20)15(12)10-17(16)24-2/h9-10,13-14,21H,3-8,11H2,1-2H3/t13-,14-,19-/m1/s1. The van der Waals surface area contributed by atoms with Gasteiger partial charge in [0.15, 0.2) is 11.5 Å². The van der Waals surface area contributed by atoms with Crippen LogP contribution in [0.4, 0.5) is 0 Å². The zero-order valence-electron chi connectivity index (χ0n) is 14.4. The van der Waals surface area contributed by atoms with Crippen molar-refractivity contribution in [2.24, 2.45) is 5.92 Å². The molecule has 1 saturated heterocycles. The first-order valence-corrected chi connectivity index (χ1v) is 8.84. The number of methoxy groups -OCH3 is 2. The van der Waals surface area contributed by atoms with Gasteiger partial charge in [-0.2, -0.15) is 0 Å². The van der Waals surface area contributed by atoms with Crippen molar-refractivity contribution >= 4 is 5.91 Å². The minimum atomic E-state index is -0.268. The number of fused-ring (bicyclic) bond motifs is 1. The molecule has 1 N–H and O–H groups in total. The van der Waals surface area contributed by atoms with Gasteiger partial charge in [0.2, 0.25) is 5.91 Å². The second-order valence-corrected chi connectivity index (χ2v) is 7.22. The topological polar surface area (TPSA) is 59.0 Å². The Morgan fingerprint density at radius 3 is 2.71 bits per heavy atom. The van der Waals surface area contributed by atoms with E-state index >= 15 is 0 Å². The minimum Gasteiger partial charge on any atom is -0.493 e. The van der Waals surface area contributed by atoms with Gasteiger partial charge in [0.25, 0.3) is 0 Å². The van der Waals surface area contributed by atoms with Crippen LogP contribution in [0.2, 0.25) is 0 Å². The highest BCUT2D eigenvalue weighted by Crippen LogP contribution is 2.57. The summed E-state index contributed by atoms with van der Waals surface area (Å²) >= 11 is 0. The summed E-state index contributed by atoms with van der Waals surface area (Å²) in [4.78, 5) is 14.8. The summed E-state index contributed by atoms with van der Waals surface area (Å²) in [6.07, 6.45) is 5.47. The molecule has 0 radical (unpaired) electrons. The van der Waals surface area contributed by atoms with E-state index in [-0.39, 0.29) is 24.1 Å². The molecule has 5 nitrogen and oxygen atoms in total. The number of hydrogen-bond acceptors (Lipinski definition) is 4. The molecule has 1 aromatic carbocycles. The maximum Gasteiger partial charge on any atom is 0.223 e. The average Bonchev–Trinajstić information content (AvgIpc) is 3.03. The summed E-state index contributed by atoms with van der Waals surface area (Å²) < 4.78 is 11.0. The Kier molecular flexibility index (Phi) is 3.71. The molecule has 1 aromatic rings. The fourth-order valence-electron chi connectivity index (χ4n) is 5.40. The summed E-state index contributed by atoms with van der Waals surface area (Å²) in [5.74, 6) is 2.10. The van der Waals surface area contributed by atoms with Crippen molar-refractivity contribution in [1.29, 1.82) is 0 Å². The van der Waals surface area contributed by atoms with Crippen LogP contribution in [-0.2, 0) is 16.8 Å². The number of aliphatic hydroxyl groups excluding tert-OH is 1. The Morgan fingerprint density at radius 2 is 2.00 bits per heavy atom. The van der Waals surface area contributed by atoms with E-state index in [1.165, 1.54) is 11.1 Å². The van der Waals surface area contributed by atoms with E-state index in [2.05, 4.69) is 6.07 Å². The van der Waals surface area contributed by atoms with Crippen molar-refractivity contribution in [2.75, 3.05) is 20.8 Å². The van der Waals surface area contributed by atoms with Crippen LogP contribution < -0.4 is 9.47 Å². The predicted octanol–water partition coefficient (Wildman–Crippen LogP) is 2.24. The molecule has 0 aromatic heterocycles. The molecule has 3 atom stereocenters. The van der Waals surface area contributed by atoms with Gasteiger partial charge >= 0.3 is 0 Å². The molecule has 1 amide bonds. The predicted molar refractivity (Wildman–Crippen MR) is 89.2 cm³/mol. The van der Waals surface area contributed by atoms with Crippen molar-refractivity contribution < 1.29 is 19.4 Å². The SMILES string of the molecule is COc1cc2c(cc1OC)[C@@]13CCC[C@@H]1CCC(=O)N3[C@@H](CO)C2. The van der Waals surface area contributed by atoms with Gasteiger partial charge in [0.1, 0.15) is 0 Å². The first kappa shape index (κ1) is 15.8. The highest BCUT2D eigenvalue weighted by atomic mass is 16.5. The third-order valence-corrected chi connectivity index (χ3v) is 6.30. The number of ether oxygens (including phenoxy) is 2. The van der Waals surface area contributed by atoms with Gasteiger partial charge in [0.05, 0.1) is 32.4 Å². The maximum absolute atomic E-state index is 12.8. The Morgan fingerprint density at radius 1 is 1.25 bits per heavy atom. The largest absolute Gasteiger partial charge is 0.493 e. The molecule has 5 heteroatoms. The van der Waals surface area contributed by atoms with Gasteiger partial charge in [-0.3, -0.25) is 4.79 Å². The Labute approximate surface area is 142 Å². The molecule has 0 unspecified atom stereocenters. The Bertz CT molecular complexity index is 674. The molecule has 4 rings (SSSR count). The third-order valence-electron chi connectivity index (χ3n) is 6.30. The quantitative estimate of drug-likeness (QED) is 0.923. The van der Waals surface area contributed by atoms with Gasteiger partial charge in [-0.15, -0.1) is 0 Å². The lowest BCUT2D eigenvalue weighted by Gasteiger charge is -2.56. The Hall–Kier alpha value is -1.75. The van der Waals surface area contributed by atoms with Crippen LogP contribution in [0.3, 0.4) is 0 Å². The second-order valence-electron chi connectivity index (χ2n) is 7.22. The summed E-state index contributed by atoms with van der Waals surface area (Å²) in [5, 5.41) is 9.97. The minimum absolute atomic E-state index is 0.00793. The molecule has 1 saturated carbocycles. The van der Waals surface area contributed by atoms with Gasteiger partial charge in [0, 0.05) is 6.42 Å². The fraction of sp³-hybridized carbons (Fsp3) is 0.632. The maximum atomic E-state index is 12.8. The van der Waals surface area contributed by atoms with E-state index < -0.39 is 0 Å². The summed E-state index contributed by atoms with van der Waals surface area (Å²) in [7, 11) is 3.29. The van der Waals surface area contributed by atoms with Crippen LogP contribution in [0, 0.1) is 5.92 Å². The van der Waals surface area contributed by atoms with Crippen molar-refractivity contribution in [3.8, 4) is 11.5 Å². The van der Waals surface area contributed by atoms with Crippen LogP contribution in [0.25, 0.3) is 0 Å². The van der Waals surface area contributed by atoms with Crippen LogP contribution in [0.15, 0.2) is 12.1 Å². The number of hydrogen-bond donors (Lipinski definition) is 1. The molecule has 0 bridgehead atoms. The number of rotatable bonds is 3. The number of carbonyl (C=O) groups is 1. The van der Waals surface area contributed by atoms with E-state index in [0.717, 1.165) is 37.2 Å². The number of aliphatic hydroxyl groups is 1. The lowest BCUT2D eigenvalue weighted by atomic mass is 9.68. The van der Waals surface area contributed by atoms with Crippen molar-refractivity contribution in [3.05, 3.63) is 23.3 Å². The number of nitrogens with zero attached hydrogens (tertiary/aromatic N) is 1. The molecule has 1 aliphatic carbocycles. The normalized spacial score (nSPS) is 31.3. The number of carbonyl (C=O) groups excluding carboxylic acids is 1. The van der Waals surface area contributed by atoms with Gasteiger partial charge in [-0.1, -0.05) is 6.42 Å². The lowest BCUT2D eigenvalue weighted by molar-refractivity contribution is -0.154. The van der Waals surface area contributed by atoms with E-state index in [1.54, 1.807) is 14.2 Å². The van der Waals surface area contributed by atoms with Crippen molar-refractivity contribution in [1.82, 2.24) is 4.90 Å². The fourth-order valence-corrected chi connectivity index (χ4v) is 5.40. The third kappa shape index (κ3) is 1.94. The summed E-state index contributed by atoms with van der Waals surface area (Å²) in [5.41, 5.74) is 2.13. The van der Waals surface area contributed by atoms with Crippen molar-refractivity contribution in [3.63, 3.8) is 0 Å². The van der Waals surface area contributed by atoms with E-state index in [9.17, 15) is 9.90 Å². The molecule has 2 fully saturated rings. The van der Waals surface area contributed by atoms with Gasteiger partial charge < -0.3 is 19.5 Å². The van der Waals surface area contributed by atoms with Gasteiger partial charge in [-0.05, 0) is 54.9 Å². The van der Waals surface area contributed by atoms with E-state index in [1.807, 2.05) is 11.0 Å². The summed E-state index contributed by atoms with van der Waals surface area (Å²) in [6.45, 7) is 0.00793. The van der Waals surface area contributed by atoms with E-state index in [4.69, 9.17) is 9.47 Å². The Balaban J connectivity index is 1.95. The van der Waals surface area contributed by atoms with Crippen molar-refractivity contribution in [2.45, 2.75) is 50.1 Å². The molecule has 24 heavy (non-hydrogen) atoms. The monoisotopic (exact) mass is 331 g/mol. The smallest absolute Gasteiger partial charge is 0.223 e. The average molecular weight is 331 g/mol. The zero-order chi connectivity index (χ0) is 16.9. The summed E-state index contributed by atoms with van der Waals surface area (Å²) in [6, 6.07) is 3.98. The highest BCUT2D eigenvalue weighted by Gasteiger charge is 2.57. The van der Waals surface area contributed by atoms with Crippen LogP contribution in [0.5, 0.6) is 11.5 Å². The molecular weight excluding hydrogens is 306 g/mol. The number of benzene rings is 1. The highest BCUT2D eigenvalue weighted by molar-refractivity contribution is 5.80. The number of amides is 1. The first-order chi connectivity index (χ1) is 11.7. The van der Waals surface area contributed by atoms with Crippen LogP contribution in [0.1, 0.15) is 43.2 Å². The molecule has 1 spiro atoms. The first-order valence-electron chi connectivity index (χ1n) is 8.84. The molecule has 130 valence electrons. The van der Waals surface area contributed by atoms with Crippen LogP contribution >= 0.6 is 0 Å². The zero-order valence-corrected chi connectivity index (χ0v) is 14.4. The molecule has 2 aliphatic heterocycles. The van der Waals surface area contributed by atoms with Gasteiger partial charge in [-0.25, -0.2) is 0 Å². The lowest BCUT2D eigenvalue weighted by Crippen LogP contribution is -2.63. The molecular formula is C19H25NO4.